The predicted molar refractivity (Wildman–Crippen MR) is 101 cm³/mol. The van der Waals surface area contributed by atoms with Crippen molar-refractivity contribution in [1.29, 1.82) is 0 Å². The third-order valence-corrected chi connectivity index (χ3v) is 6.86. The molecule has 0 saturated heterocycles. The van der Waals surface area contributed by atoms with Gasteiger partial charge in [-0.25, -0.2) is 0 Å². The van der Waals surface area contributed by atoms with Crippen LogP contribution in [0.3, 0.4) is 0 Å². The maximum atomic E-state index is 5.67. The zero-order valence-corrected chi connectivity index (χ0v) is 14.7. The summed E-state index contributed by atoms with van der Waals surface area (Å²) in [6.45, 7) is 4.39. The Morgan fingerprint density at radius 3 is 1.52 bits per heavy atom. The maximum Gasteiger partial charge on any atom is 0.127 e. The number of ether oxygens (including phenoxy) is 1. The first-order valence-electron chi connectivity index (χ1n) is 7.77. The van der Waals surface area contributed by atoms with Crippen LogP contribution in [0.1, 0.15) is 11.1 Å². The molecule has 0 radical (unpaired) electrons. The van der Waals surface area contributed by atoms with Crippen molar-refractivity contribution in [1.82, 2.24) is 0 Å². The Balaban J connectivity index is 2.27. The zero-order chi connectivity index (χ0) is 16.2. The van der Waals surface area contributed by atoms with Gasteiger partial charge in [-0.05, 0) is 49.6 Å². The molecule has 0 heterocycles. The van der Waals surface area contributed by atoms with E-state index in [4.69, 9.17) is 4.74 Å². The van der Waals surface area contributed by atoms with Crippen LogP contribution >= 0.6 is 7.92 Å². The van der Waals surface area contributed by atoms with Crippen molar-refractivity contribution in [2.45, 2.75) is 13.8 Å². The minimum Gasteiger partial charge on any atom is -0.496 e. The molecule has 0 aliphatic rings. The van der Waals surface area contributed by atoms with Gasteiger partial charge in [-0.3, -0.25) is 0 Å². The van der Waals surface area contributed by atoms with E-state index in [-0.39, 0.29) is 0 Å². The van der Waals surface area contributed by atoms with Gasteiger partial charge in [0, 0.05) is 5.30 Å². The summed E-state index contributed by atoms with van der Waals surface area (Å²) >= 11 is 0. The molecule has 3 rings (SSSR count). The molecule has 0 fully saturated rings. The fourth-order valence-electron chi connectivity index (χ4n) is 2.83. The van der Waals surface area contributed by atoms with Crippen molar-refractivity contribution in [3.05, 3.63) is 83.9 Å². The summed E-state index contributed by atoms with van der Waals surface area (Å²) in [4.78, 5) is 0. The summed E-state index contributed by atoms with van der Waals surface area (Å²) in [5, 5.41) is 4.05. The van der Waals surface area contributed by atoms with E-state index in [1.54, 1.807) is 7.11 Å². The third kappa shape index (κ3) is 3.16. The van der Waals surface area contributed by atoms with Crippen LogP contribution in [0.15, 0.2) is 72.8 Å². The fraction of sp³-hybridized carbons (Fsp3) is 0.143. The van der Waals surface area contributed by atoms with Crippen LogP contribution in [0.4, 0.5) is 0 Å². The lowest BCUT2D eigenvalue weighted by Crippen LogP contribution is -2.25. The Bertz CT molecular complexity index is 765. The summed E-state index contributed by atoms with van der Waals surface area (Å²) < 4.78 is 5.67. The van der Waals surface area contributed by atoms with Crippen molar-refractivity contribution >= 4 is 23.8 Å². The van der Waals surface area contributed by atoms with E-state index >= 15 is 0 Å². The average Bonchev–Trinajstić information content (AvgIpc) is 2.59. The highest BCUT2D eigenvalue weighted by molar-refractivity contribution is 7.80. The van der Waals surface area contributed by atoms with Gasteiger partial charge in [0.05, 0.1) is 7.11 Å². The first kappa shape index (κ1) is 15.8. The van der Waals surface area contributed by atoms with Crippen molar-refractivity contribution in [3.63, 3.8) is 0 Å². The molecule has 0 N–H and O–H groups in total. The van der Waals surface area contributed by atoms with E-state index < -0.39 is 7.92 Å². The van der Waals surface area contributed by atoms with Crippen molar-refractivity contribution < 1.29 is 4.74 Å². The second kappa shape index (κ2) is 6.98. The van der Waals surface area contributed by atoms with E-state index in [1.165, 1.54) is 27.0 Å². The van der Waals surface area contributed by atoms with E-state index in [9.17, 15) is 0 Å². The van der Waals surface area contributed by atoms with Gasteiger partial charge in [-0.15, -0.1) is 0 Å². The largest absolute Gasteiger partial charge is 0.496 e. The number of para-hydroxylation sites is 1. The van der Waals surface area contributed by atoms with E-state index in [0.717, 1.165) is 5.75 Å². The maximum absolute atomic E-state index is 5.67. The Morgan fingerprint density at radius 2 is 1.04 bits per heavy atom. The van der Waals surface area contributed by atoms with Crippen LogP contribution in [0, 0.1) is 13.8 Å². The van der Waals surface area contributed by atoms with Crippen LogP contribution in [0.25, 0.3) is 0 Å². The zero-order valence-electron chi connectivity index (χ0n) is 13.8. The lowest BCUT2D eigenvalue weighted by atomic mass is 10.2. The summed E-state index contributed by atoms with van der Waals surface area (Å²) in [6.07, 6.45) is 0. The van der Waals surface area contributed by atoms with Crippen molar-refractivity contribution in [3.8, 4) is 5.75 Å². The molecule has 0 aromatic heterocycles. The molecule has 23 heavy (non-hydrogen) atoms. The third-order valence-electron chi connectivity index (χ3n) is 4.04. The molecule has 3 aromatic rings. The van der Waals surface area contributed by atoms with Gasteiger partial charge in [0.2, 0.25) is 0 Å². The molecule has 0 amide bonds. The number of aryl methyl sites for hydroxylation is 2. The summed E-state index contributed by atoms with van der Waals surface area (Å²) in [7, 11) is 1.11. The predicted octanol–water partition coefficient (Wildman–Crippen LogP) is 4.07. The smallest absolute Gasteiger partial charge is 0.127 e. The van der Waals surface area contributed by atoms with Gasteiger partial charge in [0.15, 0.2) is 0 Å². The fourth-order valence-corrected chi connectivity index (χ4v) is 5.56. The number of benzene rings is 3. The molecule has 0 bridgehead atoms. The van der Waals surface area contributed by atoms with Crippen LogP contribution in [-0.2, 0) is 0 Å². The van der Waals surface area contributed by atoms with Crippen LogP contribution in [-0.4, -0.2) is 7.11 Å². The molecular weight excluding hydrogens is 299 g/mol. The molecule has 0 aliphatic heterocycles. The van der Waals surface area contributed by atoms with E-state index in [1.807, 2.05) is 6.07 Å². The highest BCUT2D eigenvalue weighted by Gasteiger charge is 2.22. The summed E-state index contributed by atoms with van der Waals surface area (Å²) in [6, 6.07) is 25.7. The first-order valence-corrected chi connectivity index (χ1v) is 9.11. The van der Waals surface area contributed by atoms with E-state index in [0.29, 0.717) is 0 Å². The quantitative estimate of drug-likeness (QED) is 0.659. The Morgan fingerprint density at radius 1 is 0.609 bits per heavy atom. The van der Waals surface area contributed by atoms with Crippen molar-refractivity contribution in [2.75, 3.05) is 7.11 Å². The molecule has 0 atom stereocenters. The summed E-state index contributed by atoms with van der Waals surface area (Å²) in [5.74, 6) is 0.963. The van der Waals surface area contributed by atoms with Crippen molar-refractivity contribution in [2.24, 2.45) is 0 Å². The minimum atomic E-state index is -0.639. The van der Waals surface area contributed by atoms with E-state index in [2.05, 4.69) is 80.6 Å². The van der Waals surface area contributed by atoms with Crippen LogP contribution in [0.5, 0.6) is 5.75 Å². The molecule has 3 aromatic carbocycles. The Hall–Kier alpha value is -2.11. The monoisotopic (exact) mass is 320 g/mol. The van der Waals surface area contributed by atoms with Gasteiger partial charge < -0.3 is 4.74 Å². The lowest BCUT2D eigenvalue weighted by Gasteiger charge is -2.24. The molecule has 0 unspecified atom stereocenters. The van der Waals surface area contributed by atoms with Gasteiger partial charge in [-0.1, -0.05) is 66.7 Å². The van der Waals surface area contributed by atoms with Gasteiger partial charge in [-0.2, -0.15) is 0 Å². The topological polar surface area (TPSA) is 9.23 Å². The number of rotatable bonds is 4. The molecule has 0 spiro atoms. The highest BCUT2D eigenvalue weighted by atomic mass is 31.1. The molecule has 116 valence electrons. The second-order valence-corrected chi connectivity index (χ2v) is 7.70. The van der Waals surface area contributed by atoms with Gasteiger partial charge in [0.1, 0.15) is 5.75 Å². The normalized spacial score (nSPS) is 10.8. The molecule has 0 saturated carbocycles. The molecule has 0 aliphatic carbocycles. The Kier molecular flexibility index (Phi) is 4.79. The minimum absolute atomic E-state index is 0.639. The van der Waals surface area contributed by atoms with Crippen LogP contribution < -0.4 is 20.7 Å². The number of hydrogen-bond acceptors (Lipinski definition) is 1. The lowest BCUT2D eigenvalue weighted by molar-refractivity contribution is 0.418. The van der Waals surface area contributed by atoms with Crippen LogP contribution in [0.2, 0.25) is 0 Å². The standard InChI is InChI=1S/C21H21OP/c1-16-10-4-7-13-19(16)23(20-14-8-5-11-17(20)2)21-15-9-6-12-18(21)22-3/h4-15H,1-3H3. The summed E-state index contributed by atoms with van der Waals surface area (Å²) in [5.41, 5.74) is 2.65. The molecular formula is C21H21OP. The Labute approximate surface area is 139 Å². The number of methoxy groups -OCH3 is 1. The number of hydrogen-bond donors (Lipinski definition) is 0. The highest BCUT2D eigenvalue weighted by Crippen LogP contribution is 2.38. The first-order chi connectivity index (χ1) is 11.2. The molecule has 2 heteroatoms. The SMILES string of the molecule is COc1ccccc1P(c1ccccc1C)c1ccccc1C. The molecule has 1 nitrogen and oxygen atoms in total. The average molecular weight is 320 g/mol. The van der Waals surface area contributed by atoms with Gasteiger partial charge in [0.25, 0.3) is 0 Å². The second-order valence-electron chi connectivity index (χ2n) is 5.58. The van der Waals surface area contributed by atoms with Gasteiger partial charge >= 0.3 is 0 Å².